The monoisotopic (exact) mass is 559 g/mol. The topological polar surface area (TPSA) is 144 Å². The van der Waals surface area contributed by atoms with Crippen LogP contribution in [0.25, 0.3) is 10.9 Å². The Morgan fingerprint density at radius 2 is 1.73 bits per heavy atom. The van der Waals surface area contributed by atoms with Crippen LogP contribution in [0.2, 0.25) is 0 Å². The molecule has 1 aromatic heterocycles. The summed E-state index contributed by atoms with van der Waals surface area (Å²) in [5.41, 5.74) is 2.63. The fraction of sp³-hybridized carbons (Fsp3) is 0.419. The number of hydrogen-bond donors (Lipinski definition) is 5. The third kappa shape index (κ3) is 6.94. The molecule has 216 valence electrons. The standard InChI is InChI=1S/C31H37N5O5/c37-28(35-26(31(40)41)17-21-19-33-24-11-5-4-10-23(21)24)18-22(16-20-8-2-1-3-9-20)34-29(38)27-13-7-15-36(27)30(39)25-12-6-14-32-25/h1-5,8-11,19,22,25-27,32-33H,6-7,12-18H2,(H,34,38)(H,35,37)(H,40,41). The van der Waals surface area contributed by atoms with E-state index in [4.69, 9.17) is 0 Å². The number of carboxylic acid groups (broad SMARTS) is 1. The van der Waals surface area contributed by atoms with Gasteiger partial charge in [0.1, 0.15) is 12.1 Å². The second kappa shape index (κ2) is 13.0. The van der Waals surface area contributed by atoms with Gasteiger partial charge in [-0.2, -0.15) is 0 Å². The number of carbonyl (C=O) groups is 4. The highest BCUT2D eigenvalue weighted by molar-refractivity contribution is 5.91. The van der Waals surface area contributed by atoms with Gasteiger partial charge in [0.15, 0.2) is 0 Å². The number of rotatable bonds is 11. The first kappa shape index (κ1) is 28.4. The number of likely N-dealkylation sites (tertiary alicyclic amines) is 1. The van der Waals surface area contributed by atoms with Gasteiger partial charge in [0, 0.05) is 42.5 Å². The van der Waals surface area contributed by atoms with E-state index in [1.165, 1.54) is 0 Å². The van der Waals surface area contributed by atoms with Gasteiger partial charge >= 0.3 is 5.97 Å². The molecule has 2 aliphatic heterocycles. The first-order chi connectivity index (χ1) is 19.9. The average Bonchev–Trinajstić information content (AvgIpc) is 3.74. The van der Waals surface area contributed by atoms with Gasteiger partial charge in [-0.05, 0) is 55.8 Å². The van der Waals surface area contributed by atoms with Crippen molar-refractivity contribution in [2.75, 3.05) is 13.1 Å². The summed E-state index contributed by atoms with van der Waals surface area (Å²) in [4.78, 5) is 56.6. The minimum absolute atomic E-state index is 0.0425. The summed E-state index contributed by atoms with van der Waals surface area (Å²) in [7, 11) is 0. The molecule has 0 bridgehead atoms. The van der Waals surface area contributed by atoms with Crippen LogP contribution in [0.4, 0.5) is 0 Å². The highest BCUT2D eigenvalue weighted by Gasteiger charge is 2.38. The predicted octanol–water partition coefficient (Wildman–Crippen LogP) is 2.14. The van der Waals surface area contributed by atoms with Crippen LogP contribution in [0.1, 0.15) is 43.2 Å². The average molecular weight is 560 g/mol. The van der Waals surface area contributed by atoms with E-state index in [-0.39, 0.29) is 30.7 Å². The van der Waals surface area contributed by atoms with Crippen molar-refractivity contribution in [3.8, 4) is 0 Å². The number of carboxylic acids is 1. The van der Waals surface area contributed by atoms with E-state index in [2.05, 4.69) is 20.9 Å². The number of aromatic amines is 1. The van der Waals surface area contributed by atoms with E-state index in [0.717, 1.165) is 47.8 Å². The number of amides is 3. The molecule has 2 saturated heterocycles. The second-order valence-electron chi connectivity index (χ2n) is 11.0. The maximum absolute atomic E-state index is 13.5. The van der Waals surface area contributed by atoms with Crippen molar-refractivity contribution in [1.29, 1.82) is 0 Å². The molecule has 2 aromatic carbocycles. The minimum atomic E-state index is -1.13. The van der Waals surface area contributed by atoms with Crippen LogP contribution < -0.4 is 16.0 Å². The fourth-order valence-corrected chi connectivity index (χ4v) is 5.97. The lowest BCUT2D eigenvalue weighted by molar-refractivity contribution is -0.142. The molecule has 3 amide bonds. The summed E-state index contributed by atoms with van der Waals surface area (Å²) >= 11 is 0. The summed E-state index contributed by atoms with van der Waals surface area (Å²) in [5.74, 6) is -1.92. The van der Waals surface area contributed by atoms with Crippen molar-refractivity contribution in [2.24, 2.45) is 0 Å². The molecule has 0 aliphatic carbocycles. The minimum Gasteiger partial charge on any atom is -0.480 e. The molecule has 3 heterocycles. The van der Waals surface area contributed by atoms with Crippen LogP contribution in [0, 0.1) is 0 Å². The fourth-order valence-electron chi connectivity index (χ4n) is 5.97. The maximum Gasteiger partial charge on any atom is 0.326 e. The number of nitrogens with zero attached hydrogens (tertiary/aromatic N) is 1. The Hall–Kier alpha value is -4.18. The SMILES string of the molecule is O=C(CC(Cc1ccccc1)NC(=O)C1CCCN1C(=O)C1CCCN1)NC(Cc1c[nH]c2ccccc12)C(=O)O. The molecule has 0 spiro atoms. The molecule has 5 N–H and O–H groups in total. The molecule has 41 heavy (non-hydrogen) atoms. The summed E-state index contributed by atoms with van der Waals surface area (Å²) in [6, 6.07) is 14.6. The number of hydrogen-bond acceptors (Lipinski definition) is 5. The van der Waals surface area contributed by atoms with Crippen molar-refractivity contribution in [1.82, 2.24) is 25.8 Å². The molecule has 4 atom stereocenters. The van der Waals surface area contributed by atoms with Gasteiger partial charge in [-0.3, -0.25) is 14.4 Å². The lowest BCUT2D eigenvalue weighted by atomic mass is 10.0. The molecule has 0 radical (unpaired) electrons. The van der Waals surface area contributed by atoms with Crippen molar-refractivity contribution in [3.63, 3.8) is 0 Å². The van der Waals surface area contributed by atoms with Crippen LogP contribution in [0.15, 0.2) is 60.8 Å². The van der Waals surface area contributed by atoms with Crippen LogP contribution in [-0.2, 0) is 32.0 Å². The smallest absolute Gasteiger partial charge is 0.326 e. The van der Waals surface area contributed by atoms with Gasteiger partial charge in [0.05, 0.1) is 6.04 Å². The zero-order valence-electron chi connectivity index (χ0n) is 23.0. The molecule has 2 fully saturated rings. The molecule has 4 unspecified atom stereocenters. The molecule has 3 aromatic rings. The molecule has 2 aliphatic rings. The number of para-hydroxylation sites is 1. The van der Waals surface area contributed by atoms with Gasteiger partial charge in [-0.25, -0.2) is 4.79 Å². The Bertz CT molecular complexity index is 1380. The van der Waals surface area contributed by atoms with Crippen LogP contribution in [-0.4, -0.2) is 75.9 Å². The number of carbonyl (C=O) groups excluding carboxylic acids is 3. The molecular weight excluding hydrogens is 522 g/mol. The molecular formula is C31H37N5O5. The second-order valence-corrected chi connectivity index (χ2v) is 11.0. The Morgan fingerprint density at radius 3 is 2.49 bits per heavy atom. The normalized spacial score (nSPS) is 20.0. The summed E-state index contributed by atoms with van der Waals surface area (Å²) in [6.45, 7) is 1.33. The van der Waals surface area contributed by atoms with Crippen molar-refractivity contribution in [2.45, 2.75) is 69.1 Å². The Kier molecular flexibility index (Phi) is 8.98. The first-order valence-electron chi connectivity index (χ1n) is 14.3. The number of benzene rings is 2. The lowest BCUT2D eigenvalue weighted by Gasteiger charge is -2.28. The zero-order chi connectivity index (χ0) is 28.8. The third-order valence-electron chi connectivity index (χ3n) is 8.03. The molecule has 5 rings (SSSR count). The van der Waals surface area contributed by atoms with E-state index < -0.39 is 30.0 Å². The largest absolute Gasteiger partial charge is 0.480 e. The van der Waals surface area contributed by atoms with E-state index in [9.17, 15) is 24.3 Å². The number of nitrogens with one attached hydrogen (secondary N) is 4. The van der Waals surface area contributed by atoms with Crippen molar-refractivity contribution in [3.05, 3.63) is 71.9 Å². The Balaban J connectivity index is 1.26. The van der Waals surface area contributed by atoms with Crippen LogP contribution in [0.5, 0.6) is 0 Å². The summed E-state index contributed by atoms with van der Waals surface area (Å²) in [5, 5.41) is 19.7. The van der Waals surface area contributed by atoms with Crippen LogP contribution >= 0.6 is 0 Å². The van der Waals surface area contributed by atoms with Gasteiger partial charge in [0.2, 0.25) is 17.7 Å². The lowest BCUT2D eigenvalue weighted by Crippen LogP contribution is -2.53. The Labute approximate surface area is 238 Å². The number of fused-ring (bicyclic) bond motifs is 1. The number of H-pyrrole nitrogens is 1. The predicted molar refractivity (Wildman–Crippen MR) is 154 cm³/mol. The summed E-state index contributed by atoms with van der Waals surface area (Å²) < 4.78 is 0. The van der Waals surface area contributed by atoms with Crippen LogP contribution in [0.3, 0.4) is 0 Å². The summed E-state index contributed by atoms with van der Waals surface area (Å²) in [6.07, 6.45) is 5.20. The van der Waals surface area contributed by atoms with Gasteiger partial charge in [0.25, 0.3) is 0 Å². The van der Waals surface area contributed by atoms with Gasteiger partial charge < -0.3 is 30.9 Å². The number of aromatic nitrogens is 1. The molecule has 0 saturated carbocycles. The van der Waals surface area contributed by atoms with E-state index in [0.29, 0.717) is 19.4 Å². The zero-order valence-corrected chi connectivity index (χ0v) is 23.0. The van der Waals surface area contributed by atoms with Crippen molar-refractivity contribution >= 4 is 34.6 Å². The number of aliphatic carboxylic acids is 1. The highest BCUT2D eigenvalue weighted by atomic mass is 16.4. The highest BCUT2D eigenvalue weighted by Crippen LogP contribution is 2.22. The maximum atomic E-state index is 13.5. The van der Waals surface area contributed by atoms with E-state index >= 15 is 0 Å². The van der Waals surface area contributed by atoms with Gasteiger partial charge in [-0.15, -0.1) is 0 Å². The molecule has 10 nitrogen and oxygen atoms in total. The third-order valence-corrected chi connectivity index (χ3v) is 8.03. The first-order valence-corrected chi connectivity index (χ1v) is 14.3. The van der Waals surface area contributed by atoms with Gasteiger partial charge in [-0.1, -0.05) is 48.5 Å². The van der Waals surface area contributed by atoms with E-state index in [1.54, 1.807) is 11.1 Å². The molecule has 10 heteroatoms. The van der Waals surface area contributed by atoms with Crippen molar-refractivity contribution < 1.29 is 24.3 Å². The quantitative estimate of drug-likeness (QED) is 0.244. The Morgan fingerprint density at radius 1 is 0.951 bits per heavy atom. The van der Waals surface area contributed by atoms with E-state index in [1.807, 2.05) is 54.6 Å².